The van der Waals surface area contributed by atoms with E-state index >= 15 is 0 Å². The van der Waals surface area contributed by atoms with Crippen LogP contribution >= 0.6 is 0 Å². The van der Waals surface area contributed by atoms with Crippen LogP contribution in [0.5, 0.6) is 17.2 Å². The summed E-state index contributed by atoms with van der Waals surface area (Å²) >= 11 is 0. The third-order valence-corrected chi connectivity index (χ3v) is 2.17. The van der Waals surface area contributed by atoms with Gasteiger partial charge in [0.15, 0.2) is 0 Å². The van der Waals surface area contributed by atoms with Crippen molar-refractivity contribution in [1.82, 2.24) is 0 Å². The van der Waals surface area contributed by atoms with Crippen molar-refractivity contribution in [2.75, 3.05) is 0 Å². The second kappa shape index (κ2) is 5.26. The summed E-state index contributed by atoms with van der Waals surface area (Å²) in [4.78, 5) is 0. The van der Waals surface area contributed by atoms with Gasteiger partial charge in [0, 0.05) is 0 Å². The van der Waals surface area contributed by atoms with Crippen LogP contribution in [0.1, 0.15) is 0 Å². The smallest absolute Gasteiger partial charge is 0.457 e. The second-order valence-electron chi connectivity index (χ2n) is 3.69. The fourth-order valence-corrected chi connectivity index (χ4v) is 1.38. The normalized spacial score (nSPS) is 11.1. The molecule has 0 aromatic heterocycles. The number of hydrogen-bond acceptors (Lipinski definition) is 2. The van der Waals surface area contributed by atoms with Crippen molar-refractivity contribution in [3.63, 3.8) is 0 Å². The molecule has 0 unspecified atom stereocenters. The van der Waals surface area contributed by atoms with Gasteiger partial charge in [-0.2, -0.15) is 0 Å². The molecule has 0 saturated heterocycles. The van der Waals surface area contributed by atoms with E-state index in [4.69, 9.17) is 12.6 Å². The van der Waals surface area contributed by atoms with Crippen LogP contribution in [0.2, 0.25) is 0 Å². The van der Waals surface area contributed by atoms with Gasteiger partial charge in [0.2, 0.25) is 0 Å². The molecule has 0 fully saturated rings. The highest BCUT2D eigenvalue weighted by molar-refractivity contribution is 6.32. The molecule has 2 rings (SSSR count). The molecule has 0 N–H and O–H groups in total. The molecule has 2 nitrogen and oxygen atoms in total. The largest absolute Gasteiger partial charge is 0.573 e. The minimum Gasteiger partial charge on any atom is -0.457 e. The van der Waals surface area contributed by atoms with Crippen molar-refractivity contribution < 1.29 is 22.6 Å². The Morgan fingerprint density at radius 3 is 1.63 bits per heavy atom. The van der Waals surface area contributed by atoms with Crippen LogP contribution in [0, 0.1) is 0 Å². The van der Waals surface area contributed by atoms with Crippen molar-refractivity contribution >= 4 is 13.3 Å². The molecular weight excluding hydrogens is 256 g/mol. The molecule has 2 aromatic carbocycles. The van der Waals surface area contributed by atoms with E-state index in [0.717, 1.165) is 0 Å². The lowest BCUT2D eigenvalue weighted by atomic mass is 9.97. The number of halogens is 3. The molecule has 0 bridgehead atoms. The van der Waals surface area contributed by atoms with E-state index in [1.54, 1.807) is 24.3 Å². The summed E-state index contributed by atoms with van der Waals surface area (Å²) in [6.45, 7) is 0. The number of hydrogen-bond donors (Lipinski definition) is 0. The summed E-state index contributed by atoms with van der Waals surface area (Å²) in [6, 6.07) is 11.8. The quantitative estimate of drug-likeness (QED) is 0.792. The van der Waals surface area contributed by atoms with Gasteiger partial charge in [-0.3, -0.25) is 0 Å². The van der Waals surface area contributed by atoms with Crippen LogP contribution in [0.25, 0.3) is 0 Å². The zero-order chi connectivity index (χ0) is 13.9. The topological polar surface area (TPSA) is 18.5 Å². The van der Waals surface area contributed by atoms with E-state index < -0.39 is 6.36 Å². The third kappa shape index (κ3) is 4.24. The average Bonchev–Trinajstić information content (AvgIpc) is 2.33. The van der Waals surface area contributed by atoms with E-state index in [1.165, 1.54) is 24.3 Å². The molecule has 0 atom stereocenters. The van der Waals surface area contributed by atoms with E-state index in [0.29, 0.717) is 17.0 Å². The summed E-state index contributed by atoms with van der Waals surface area (Å²) in [5.74, 6) is 0.648. The molecule has 0 heterocycles. The van der Waals surface area contributed by atoms with Crippen LogP contribution in [0.4, 0.5) is 13.2 Å². The van der Waals surface area contributed by atoms with Gasteiger partial charge in [0.1, 0.15) is 25.1 Å². The van der Waals surface area contributed by atoms with Gasteiger partial charge in [-0.05, 0) is 36.4 Å². The van der Waals surface area contributed by atoms with Crippen LogP contribution < -0.4 is 14.9 Å². The Hall–Kier alpha value is -2.11. The Morgan fingerprint density at radius 2 is 1.16 bits per heavy atom. The van der Waals surface area contributed by atoms with E-state index in [1.807, 2.05) is 0 Å². The van der Waals surface area contributed by atoms with Gasteiger partial charge in [-0.15, -0.1) is 13.2 Å². The van der Waals surface area contributed by atoms with Crippen LogP contribution in [-0.2, 0) is 0 Å². The van der Waals surface area contributed by atoms with Gasteiger partial charge in [-0.1, -0.05) is 17.6 Å². The Morgan fingerprint density at radius 1 is 0.737 bits per heavy atom. The van der Waals surface area contributed by atoms with Crippen LogP contribution in [0.3, 0.4) is 0 Å². The van der Waals surface area contributed by atoms with Crippen molar-refractivity contribution in [2.45, 2.75) is 6.36 Å². The van der Waals surface area contributed by atoms with Gasteiger partial charge in [-0.25, -0.2) is 0 Å². The molecule has 0 spiro atoms. The Kier molecular flexibility index (Phi) is 3.69. The maximum atomic E-state index is 12.0. The average molecular weight is 264 g/mol. The molecule has 0 amide bonds. The maximum Gasteiger partial charge on any atom is 0.573 e. The van der Waals surface area contributed by atoms with Crippen molar-refractivity contribution in [3.8, 4) is 17.2 Å². The van der Waals surface area contributed by atoms with Crippen LogP contribution in [0.15, 0.2) is 48.5 Å². The highest BCUT2D eigenvalue weighted by Gasteiger charge is 2.30. The monoisotopic (exact) mass is 264 g/mol. The van der Waals surface area contributed by atoms with E-state index in [9.17, 15) is 13.2 Å². The van der Waals surface area contributed by atoms with E-state index in [-0.39, 0.29) is 5.75 Å². The first-order chi connectivity index (χ1) is 8.92. The summed E-state index contributed by atoms with van der Waals surface area (Å²) in [5.41, 5.74) is 0.598. The molecular formula is C13H8BF3O2. The fraction of sp³-hybridized carbons (Fsp3) is 0.0769. The minimum absolute atomic E-state index is 0.294. The lowest BCUT2D eigenvalue weighted by Gasteiger charge is -2.10. The maximum absolute atomic E-state index is 12.0. The molecule has 6 heteroatoms. The van der Waals surface area contributed by atoms with Gasteiger partial charge >= 0.3 is 6.36 Å². The van der Waals surface area contributed by atoms with Crippen molar-refractivity contribution in [3.05, 3.63) is 48.5 Å². The molecule has 0 aliphatic rings. The first-order valence-electron chi connectivity index (χ1n) is 5.31. The highest BCUT2D eigenvalue weighted by Crippen LogP contribution is 2.26. The molecule has 0 aliphatic heterocycles. The van der Waals surface area contributed by atoms with Gasteiger partial charge in [0.05, 0.1) is 0 Å². The number of benzene rings is 2. The molecule has 0 saturated carbocycles. The lowest BCUT2D eigenvalue weighted by Crippen LogP contribution is -2.16. The molecule has 2 radical (unpaired) electrons. The van der Waals surface area contributed by atoms with Gasteiger partial charge in [0.25, 0.3) is 0 Å². The molecule has 96 valence electrons. The zero-order valence-electron chi connectivity index (χ0n) is 9.65. The molecule has 2 aromatic rings. The predicted octanol–water partition coefficient (Wildman–Crippen LogP) is 3.17. The van der Waals surface area contributed by atoms with Crippen molar-refractivity contribution in [1.29, 1.82) is 0 Å². The second-order valence-corrected chi connectivity index (χ2v) is 3.69. The van der Waals surface area contributed by atoms with Gasteiger partial charge < -0.3 is 9.47 Å². The minimum atomic E-state index is -4.70. The first kappa shape index (κ1) is 13.3. The van der Waals surface area contributed by atoms with E-state index in [2.05, 4.69) is 4.74 Å². The summed E-state index contributed by atoms with van der Waals surface area (Å²) in [5, 5.41) is 0. The number of rotatable bonds is 3. The number of alkyl halides is 3. The summed E-state index contributed by atoms with van der Waals surface area (Å²) in [6.07, 6.45) is -4.70. The Bertz CT molecular complexity index is 535. The lowest BCUT2D eigenvalue weighted by molar-refractivity contribution is -0.274. The molecule has 19 heavy (non-hydrogen) atoms. The highest BCUT2D eigenvalue weighted by atomic mass is 19.4. The summed E-state index contributed by atoms with van der Waals surface area (Å²) < 4.78 is 45.1. The first-order valence-corrected chi connectivity index (χ1v) is 5.31. The molecule has 0 aliphatic carbocycles. The Labute approximate surface area is 109 Å². The zero-order valence-corrected chi connectivity index (χ0v) is 9.65. The SMILES string of the molecule is [B]c1ccc(Oc2ccc(OC(F)(F)F)cc2)cc1. The fourth-order valence-electron chi connectivity index (χ4n) is 1.38. The standard InChI is InChI=1S/C13H8BF3O2/c14-9-1-3-10(4-2-9)18-11-5-7-12(8-6-11)19-13(15,16)17/h1-8H. The number of ether oxygens (including phenoxy) is 2. The van der Waals surface area contributed by atoms with Crippen LogP contribution in [-0.4, -0.2) is 14.2 Å². The third-order valence-electron chi connectivity index (χ3n) is 2.17. The van der Waals surface area contributed by atoms with Crippen molar-refractivity contribution in [2.24, 2.45) is 0 Å². The summed E-state index contributed by atoms with van der Waals surface area (Å²) in [7, 11) is 5.52. The predicted molar refractivity (Wildman–Crippen MR) is 65.0 cm³/mol. The Balaban J connectivity index is 2.04.